The van der Waals surface area contributed by atoms with Gasteiger partial charge in [0.1, 0.15) is 5.76 Å². The van der Waals surface area contributed by atoms with E-state index in [4.69, 9.17) is 16.0 Å². The van der Waals surface area contributed by atoms with Crippen LogP contribution in [0.3, 0.4) is 0 Å². The highest BCUT2D eigenvalue weighted by Gasteiger charge is 2.07. The maximum atomic E-state index is 9.47. The number of aliphatic hydroxyl groups is 1. The molecule has 0 saturated carbocycles. The minimum Gasteiger partial charge on any atom is -0.468 e. The summed E-state index contributed by atoms with van der Waals surface area (Å²) in [5.74, 6) is 1.71. The molecule has 1 aromatic carbocycles. The third kappa shape index (κ3) is 3.28. The fourth-order valence-electron chi connectivity index (χ4n) is 1.49. The number of benzene rings is 1. The molecule has 17 heavy (non-hydrogen) atoms. The molecule has 90 valence electrons. The summed E-state index contributed by atoms with van der Waals surface area (Å²) in [6, 6.07) is 9.51. The van der Waals surface area contributed by atoms with Crippen molar-refractivity contribution in [2.45, 2.75) is 23.7 Å². The second-order valence-corrected chi connectivity index (χ2v) is 5.18. The highest BCUT2D eigenvalue weighted by atomic mass is 35.5. The fourth-order valence-corrected chi connectivity index (χ4v) is 2.73. The van der Waals surface area contributed by atoms with Crippen LogP contribution in [0.15, 0.2) is 45.9 Å². The van der Waals surface area contributed by atoms with E-state index in [-0.39, 0.29) is 0 Å². The number of hydrogen-bond donors (Lipinski definition) is 1. The first kappa shape index (κ1) is 12.6. The highest BCUT2D eigenvalue weighted by molar-refractivity contribution is 7.98. The molecule has 2 rings (SSSR count). The predicted octanol–water partition coefficient (Wildman–Crippen LogP) is 4.28. The number of hydrogen-bond acceptors (Lipinski definition) is 3. The van der Waals surface area contributed by atoms with Crippen molar-refractivity contribution in [2.75, 3.05) is 0 Å². The summed E-state index contributed by atoms with van der Waals surface area (Å²) in [6.45, 7) is 1.71. The van der Waals surface area contributed by atoms with Crippen molar-refractivity contribution in [1.29, 1.82) is 0 Å². The smallest absolute Gasteiger partial charge is 0.113 e. The van der Waals surface area contributed by atoms with E-state index < -0.39 is 6.10 Å². The Hall–Kier alpha value is -0.900. The van der Waals surface area contributed by atoms with E-state index >= 15 is 0 Å². The fraction of sp³-hybridized carbons (Fsp3) is 0.231. The van der Waals surface area contributed by atoms with Crippen LogP contribution in [0.5, 0.6) is 0 Å². The summed E-state index contributed by atoms with van der Waals surface area (Å²) in [7, 11) is 0. The maximum absolute atomic E-state index is 9.47. The topological polar surface area (TPSA) is 33.4 Å². The van der Waals surface area contributed by atoms with Crippen molar-refractivity contribution in [3.63, 3.8) is 0 Å². The molecule has 1 aromatic heterocycles. The van der Waals surface area contributed by atoms with Crippen molar-refractivity contribution >= 4 is 23.4 Å². The van der Waals surface area contributed by atoms with Gasteiger partial charge in [-0.05, 0) is 36.8 Å². The van der Waals surface area contributed by atoms with Gasteiger partial charge in [0.2, 0.25) is 0 Å². The van der Waals surface area contributed by atoms with Crippen LogP contribution >= 0.6 is 23.4 Å². The summed E-state index contributed by atoms with van der Waals surface area (Å²) >= 11 is 7.74. The van der Waals surface area contributed by atoms with Gasteiger partial charge in [-0.2, -0.15) is 0 Å². The van der Waals surface area contributed by atoms with Crippen LogP contribution in [0.1, 0.15) is 24.4 Å². The van der Waals surface area contributed by atoms with E-state index in [1.54, 1.807) is 24.9 Å². The summed E-state index contributed by atoms with van der Waals surface area (Å²) < 4.78 is 5.25. The third-order valence-electron chi connectivity index (χ3n) is 2.38. The van der Waals surface area contributed by atoms with Gasteiger partial charge in [0.25, 0.3) is 0 Å². The second kappa shape index (κ2) is 5.63. The standard InChI is InChI=1S/C13H13ClO2S/c1-9(15)12-5-4-11(7-13(12)14)17-8-10-3-2-6-16-10/h2-7,9,15H,8H2,1H3. The Kier molecular flexibility index (Phi) is 4.15. The monoisotopic (exact) mass is 268 g/mol. The lowest BCUT2D eigenvalue weighted by atomic mass is 10.1. The highest BCUT2D eigenvalue weighted by Crippen LogP contribution is 2.30. The Morgan fingerprint density at radius 1 is 1.41 bits per heavy atom. The van der Waals surface area contributed by atoms with E-state index in [1.807, 2.05) is 30.3 Å². The van der Waals surface area contributed by atoms with E-state index in [0.29, 0.717) is 5.02 Å². The average Bonchev–Trinajstić information content (AvgIpc) is 2.78. The molecule has 1 atom stereocenters. The molecule has 0 aliphatic rings. The lowest BCUT2D eigenvalue weighted by Gasteiger charge is -2.08. The molecule has 1 heterocycles. The van der Waals surface area contributed by atoms with Gasteiger partial charge in [-0.3, -0.25) is 0 Å². The number of thioether (sulfide) groups is 1. The van der Waals surface area contributed by atoms with Gasteiger partial charge < -0.3 is 9.52 Å². The van der Waals surface area contributed by atoms with Gasteiger partial charge in [0, 0.05) is 9.92 Å². The van der Waals surface area contributed by atoms with Crippen LogP contribution in [0, 0.1) is 0 Å². The quantitative estimate of drug-likeness (QED) is 0.841. The van der Waals surface area contributed by atoms with Gasteiger partial charge in [-0.1, -0.05) is 17.7 Å². The molecule has 0 bridgehead atoms. The maximum Gasteiger partial charge on any atom is 0.113 e. The lowest BCUT2D eigenvalue weighted by Crippen LogP contribution is -1.92. The van der Waals surface area contributed by atoms with Crippen LogP contribution in [-0.2, 0) is 5.75 Å². The number of rotatable bonds is 4. The van der Waals surface area contributed by atoms with E-state index in [0.717, 1.165) is 22.0 Å². The molecule has 0 radical (unpaired) electrons. The predicted molar refractivity (Wildman–Crippen MR) is 70.4 cm³/mol. The summed E-state index contributed by atoms with van der Waals surface area (Å²) in [5.41, 5.74) is 0.758. The SMILES string of the molecule is CC(O)c1ccc(SCc2ccco2)cc1Cl. The molecule has 0 fully saturated rings. The average molecular weight is 269 g/mol. The van der Waals surface area contributed by atoms with Crippen LogP contribution in [0.4, 0.5) is 0 Å². The zero-order valence-corrected chi connectivity index (χ0v) is 11.0. The molecule has 2 aromatic rings. The first-order valence-corrected chi connectivity index (χ1v) is 6.66. The zero-order valence-electron chi connectivity index (χ0n) is 9.39. The van der Waals surface area contributed by atoms with Gasteiger partial charge >= 0.3 is 0 Å². The minimum absolute atomic E-state index is 0.536. The third-order valence-corrected chi connectivity index (χ3v) is 3.73. The molecule has 1 unspecified atom stereocenters. The molecular formula is C13H13ClO2S. The molecule has 0 saturated heterocycles. The molecule has 0 amide bonds. The minimum atomic E-state index is -0.536. The number of halogens is 1. The lowest BCUT2D eigenvalue weighted by molar-refractivity contribution is 0.199. The van der Waals surface area contributed by atoms with Crippen molar-refractivity contribution in [3.8, 4) is 0 Å². The molecule has 1 N–H and O–H groups in total. The number of aliphatic hydroxyl groups excluding tert-OH is 1. The van der Waals surface area contributed by atoms with Gasteiger partial charge in [-0.15, -0.1) is 11.8 Å². The second-order valence-electron chi connectivity index (χ2n) is 3.73. The molecule has 0 spiro atoms. The molecule has 0 aliphatic carbocycles. The molecule has 2 nitrogen and oxygen atoms in total. The Morgan fingerprint density at radius 3 is 2.82 bits per heavy atom. The Labute approximate surface area is 110 Å². The van der Waals surface area contributed by atoms with Crippen molar-refractivity contribution in [2.24, 2.45) is 0 Å². The van der Waals surface area contributed by atoms with E-state index in [2.05, 4.69) is 0 Å². The van der Waals surface area contributed by atoms with Crippen LogP contribution in [0.2, 0.25) is 5.02 Å². The number of furan rings is 1. The Bertz CT molecular complexity index is 480. The van der Waals surface area contributed by atoms with E-state index in [9.17, 15) is 5.11 Å². The Morgan fingerprint density at radius 2 is 2.24 bits per heavy atom. The molecular weight excluding hydrogens is 256 g/mol. The zero-order chi connectivity index (χ0) is 12.3. The normalized spacial score (nSPS) is 12.6. The van der Waals surface area contributed by atoms with Crippen molar-refractivity contribution in [1.82, 2.24) is 0 Å². The van der Waals surface area contributed by atoms with Crippen molar-refractivity contribution < 1.29 is 9.52 Å². The largest absolute Gasteiger partial charge is 0.468 e. The van der Waals surface area contributed by atoms with Gasteiger partial charge in [-0.25, -0.2) is 0 Å². The van der Waals surface area contributed by atoms with Crippen LogP contribution < -0.4 is 0 Å². The summed E-state index contributed by atoms with van der Waals surface area (Å²) in [5, 5.41) is 10.1. The van der Waals surface area contributed by atoms with Gasteiger partial charge in [0.15, 0.2) is 0 Å². The summed E-state index contributed by atoms with van der Waals surface area (Å²) in [4.78, 5) is 1.07. The van der Waals surface area contributed by atoms with Gasteiger partial charge in [0.05, 0.1) is 18.1 Å². The molecule has 4 heteroatoms. The first-order valence-electron chi connectivity index (χ1n) is 5.29. The van der Waals surface area contributed by atoms with Crippen LogP contribution in [0.25, 0.3) is 0 Å². The first-order chi connectivity index (χ1) is 8.16. The molecule has 0 aliphatic heterocycles. The van der Waals surface area contributed by atoms with Crippen molar-refractivity contribution in [3.05, 3.63) is 52.9 Å². The van der Waals surface area contributed by atoms with E-state index in [1.165, 1.54) is 0 Å². The van der Waals surface area contributed by atoms with Crippen LogP contribution in [-0.4, -0.2) is 5.11 Å². The Balaban J connectivity index is 2.05. The summed E-state index contributed by atoms with van der Waals surface area (Å²) in [6.07, 6.45) is 1.13.